The highest BCUT2D eigenvalue weighted by Gasteiger charge is 2.30. The molecule has 0 radical (unpaired) electrons. The minimum Gasteiger partial charge on any atom is -0.481 e. The SMILES string of the molecule is CC(=O)N1CCCCC1C(=O)Nc1cccc(CCC(=O)O)c1. The molecule has 1 heterocycles. The number of hydrogen-bond donors (Lipinski definition) is 2. The highest BCUT2D eigenvalue weighted by molar-refractivity contribution is 5.97. The summed E-state index contributed by atoms with van der Waals surface area (Å²) >= 11 is 0. The Morgan fingerprint density at radius 3 is 2.78 bits per heavy atom. The number of piperidine rings is 1. The topological polar surface area (TPSA) is 86.7 Å². The van der Waals surface area contributed by atoms with Crippen LogP contribution >= 0.6 is 0 Å². The molecule has 1 aliphatic rings. The summed E-state index contributed by atoms with van der Waals surface area (Å²) < 4.78 is 0. The maximum atomic E-state index is 12.5. The van der Waals surface area contributed by atoms with Gasteiger partial charge < -0.3 is 15.3 Å². The molecule has 124 valence electrons. The lowest BCUT2D eigenvalue weighted by molar-refractivity contribution is -0.138. The van der Waals surface area contributed by atoms with Crippen LogP contribution in [0.1, 0.15) is 38.2 Å². The summed E-state index contributed by atoms with van der Waals surface area (Å²) in [5.41, 5.74) is 1.49. The lowest BCUT2D eigenvalue weighted by Gasteiger charge is -2.33. The Kier molecular flexibility index (Phi) is 5.73. The number of rotatable bonds is 5. The van der Waals surface area contributed by atoms with Crippen molar-refractivity contribution in [3.8, 4) is 0 Å². The Labute approximate surface area is 135 Å². The van der Waals surface area contributed by atoms with Crippen LogP contribution in [0.3, 0.4) is 0 Å². The van der Waals surface area contributed by atoms with E-state index in [2.05, 4.69) is 5.32 Å². The van der Waals surface area contributed by atoms with E-state index in [4.69, 9.17) is 5.11 Å². The Morgan fingerprint density at radius 1 is 1.30 bits per heavy atom. The maximum Gasteiger partial charge on any atom is 0.303 e. The summed E-state index contributed by atoms with van der Waals surface area (Å²) in [4.78, 5) is 36.4. The minimum absolute atomic E-state index is 0.0537. The van der Waals surface area contributed by atoms with Crippen molar-refractivity contribution in [1.29, 1.82) is 0 Å². The molecule has 6 nitrogen and oxygen atoms in total. The largest absolute Gasteiger partial charge is 0.481 e. The van der Waals surface area contributed by atoms with E-state index in [0.29, 0.717) is 25.1 Å². The standard InChI is InChI=1S/C17H22N2O4/c1-12(20)19-10-3-2-7-15(19)17(23)18-14-6-4-5-13(11-14)8-9-16(21)22/h4-6,11,15H,2-3,7-10H2,1H3,(H,18,23)(H,21,22). The van der Waals surface area contributed by atoms with E-state index in [1.54, 1.807) is 23.1 Å². The second-order valence-corrected chi connectivity index (χ2v) is 5.81. The first-order chi connectivity index (χ1) is 11.0. The van der Waals surface area contributed by atoms with Crippen LogP contribution in [-0.4, -0.2) is 40.4 Å². The molecule has 1 saturated heterocycles. The van der Waals surface area contributed by atoms with Crippen LogP contribution in [-0.2, 0) is 20.8 Å². The average Bonchev–Trinajstić information content (AvgIpc) is 2.53. The second-order valence-electron chi connectivity index (χ2n) is 5.81. The van der Waals surface area contributed by atoms with Crippen molar-refractivity contribution in [1.82, 2.24) is 4.90 Å². The van der Waals surface area contributed by atoms with Gasteiger partial charge in [-0.05, 0) is 43.4 Å². The van der Waals surface area contributed by atoms with E-state index in [-0.39, 0.29) is 18.2 Å². The van der Waals surface area contributed by atoms with Gasteiger partial charge in [0.25, 0.3) is 0 Å². The van der Waals surface area contributed by atoms with Gasteiger partial charge in [-0.1, -0.05) is 12.1 Å². The van der Waals surface area contributed by atoms with E-state index < -0.39 is 12.0 Å². The number of aliphatic carboxylic acids is 1. The molecule has 0 aromatic heterocycles. The van der Waals surface area contributed by atoms with Crippen LogP contribution < -0.4 is 5.32 Å². The number of likely N-dealkylation sites (tertiary alicyclic amines) is 1. The number of anilines is 1. The molecule has 23 heavy (non-hydrogen) atoms. The van der Waals surface area contributed by atoms with Gasteiger partial charge in [0.15, 0.2) is 0 Å². The van der Waals surface area contributed by atoms with E-state index in [1.807, 2.05) is 6.07 Å². The molecule has 1 aromatic carbocycles. The molecule has 1 aliphatic heterocycles. The second kappa shape index (κ2) is 7.76. The monoisotopic (exact) mass is 318 g/mol. The fourth-order valence-electron chi connectivity index (χ4n) is 2.86. The van der Waals surface area contributed by atoms with E-state index in [1.165, 1.54) is 6.92 Å². The zero-order chi connectivity index (χ0) is 16.8. The summed E-state index contributed by atoms with van der Waals surface area (Å²) in [6, 6.07) is 6.74. The smallest absolute Gasteiger partial charge is 0.303 e. The summed E-state index contributed by atoms with van der Waals surface area (Å²) in [6.45, 7) is 2.10. The summed E-state index contributed by atoms with van der Waals surface area (Å²) in [7, 11) is 0. The van der Waals surface area contributed by atoms with Crippen molar-refractivity contribution >= 4 is 23.5 Å². The highest BCUT2D eigenvalue weighted by Crippen LogP contribution is 2.20. The zero-order valence-corrected chi connectivity index (χ0v) is 13.2. The number of nitrogens with zero attached hydrogens (tertiary/aromatic N) is 1. The number of amides is 2. The molecule has 1 aromatic rings. The molecular formula is C17H22N2O4. The number of aryl methyl sites for hydroxylation is 1. The Balaban J connectivity index is 2.02. The molecule has 0 bridgehead atoms. The van der Waals surface area contributed by atoms with Crippen LogP contribution in [0.4, 0.5) is 5.69 Å². The summed E-state index contributed by atoms with van der Waals surface area (Å²) in [5.74, 6) is -1.12. The molecular weight excluding hydrogens is 296 g/mol. The Morgan fingerprint density at radius 2 is 2.09 bits per heavy atom. The number of carboxylic acids is 1. The fraction of sp³-hybridized carbons (Fsp3) is 0.471. The first kappa shape index (κ1) is 17.0. The lowest BCUT2D eigenvalue weighted by Crippen LogP contribution is -2.49. The third-order valence-electron chi connectivity index (χ3n) is 4.03. The molecule has 6 heteroatoms. The van der Waals surface area contributed by atoms with Crippen molar-refractivity contribution in [2.24, 2.45) is 0 Å². The van der Waals surface area contributed by atoms with Crippen molar-refractivity contribution in [2.45, 2.75) is 45.1 Å². The third-order valence-corrected chi connectivity index (χ3v) is 4.03. The molecule has 2 N–H and O–H groups in total. The third kappa shape index (κ3) is 4.81. The molecule has 1 fully saturated rings. The van der Waals surface area contributed by atoms with Crippen molar-refractivity contribution in [3.63, 3.8) is 0 Å². The zero-order valence-electron chi connectivity index (χ0n) is 13.2. The van der Waals surface area contributed by atoms with Gasteiger partial charge in [-0.25, -0.2) is 0 Å². The van der Waals surface area contributed by atoms with Gasteiger partial charge in [0.2, 0.25) is 11.8 Å². The van der Waals surface area contributed by atoms with Crippen LogP contribution in [0.25, 0.3) is 0 Å². The lowest BCUT2D eigenvalue weighted by atomic mass is 10.0. The van der Waals surface area contributed by atoms with Crippen LogP contribution in [0.2, 0.25) is 0 Å². The first-order valence-corrected chi connectivity index (χ1v) is 7.86. The number of benzene rings is 1. The van der Waals surface area contributed by atoms with Crippen molar-refractivity contribution in [3.05, 3.63) is 29.8 Å². The number of carboxylic acid groups (broad SMARTS) is 1. The van der Waals surface area contributed by atoms with Gasteiger partial charge in [-0.15, -0.1) is 0 Å². The molecule has 1 atom stereocenters. The van der Waals surface area contributed by atoms with Crippen LogP contribution in [0.15, 0.2) is 24.3 Å². The summed E-state index contributed by atoms with van der Waals surface area (Å²) in [6.07, 6.45) is 3.00. The summed E-state index contributed by atoms with van der Waals surface area (Å²) in [5, 5.41) is 11.6. The Hall–Kier alpha value is -2.37. The van der Waals surface area contributed by atoms with E-state index >= 15 is 0 Å². The number of carbonyl (C=O) groups is 3. The molecule has 2 amide bonds. The molecule has 1 unspecified atom stereocenters. The fourth-order valence-corrected chi connectivity index (χ4v) is 2.86. The number of hydrogen-bond acceptors (Lipinski definition) is 3. The van der Waals surface area contributed by atoms with Gasteiger partial charge >= 0.3 is 5.97 Å². The average molecular weight is 318 g/mol. The van der Waals surface area contributed by atoms with Gasteiger partial charge in [-0.3, -0.25) is 14.4 Å². The quantitative estimate of drug-likeness (QED) is 0.870. The molecule has 0 spiro atoms. The van der Waals surface area contributed by atoms with Crippen LogP contribution in [0.5, 0.6) is 0 Å². The van der Waals surface area contributed by atoms with Gasteiger partial charge in [0, 0.05) is 25.6 Å². The van der Waals surface area contributed by atoms with Crippen molar-refractivity contribution in [2.75, 3.05) is 11.9 Å². The minimum atomic E-state index is -0.848. The van der Waals surface area contributed by atoms with E-state index in [9.17, 15) is 14.4 Å². The number of nitrogens with one attached hydrogen (secondary N) is 1. The number of carbonyl (C=O) groups excluding carboxylic acids is 2. The van der Waals surface area contributed by atoms with E-state index in [0.717, 1.165) is 18.4 Å². The Bertz CT molecular complexity index is 600. The normalized spacial score (nSPS) is 17.6. The molecule has 0 saturated carbocycles. The van der Waals surface area contributed by atoms with Gasteiger partial charge in [0.05, 0.1) is 0 Å². The molecule has 2 rings (SSSR count). The van der Waals surface area contributed by atoms with Gasteiger partial charge in [-0.2, -0.15) is 0 Å². The maximum absolute atomic E-state index is 12.5. The van der Waals surface area contributed by atoms with Gasteiger partial charge in [0.1, 0.15) is 6.04 Å². The predicted molar refractivity (Wildman–Crippen MR) is 86.1 cm³/mol. The predicted octanol–water partition coefficient (Wildman–Crippen LogP) is 2.04. The molecule has 0 aliphatic carbocycles. The first-order valence-electron chi connectivity index (χ1n) is 7.86. The van der Waals surface area contributed by atoms with Crippen LogP contribution in [0, 0.1) is 0 Å². The van der Waals surface area contributed by atoms with Crippen molar-refractivity contribution < 1.29 is 19.5 Å². The highest BCUT2D eigenvalue weighted by atomic mass is 16.4.